The van der Waals surface area contributed by atoms with E-state index in [9.17, 15) is 0 Å². The van der Waals surface area contributed by atoms with Gasteiger partial charge in [-0.15, -0.1) is 23.2 Å². The Balaban J connectivity index is 4.76. The molecule has 0 aromatic heterocycles. The van der Waals surface area contributed by atoms with Gasteiger partial charge in [-0.25, -0.2) is 0 Å². The van der Waals surface area contributed by atoms with E-state index in [1.807, 2.05) is 0 Å². The molecule has 0 aliphatic heterocycles. The molecule has 0 unspecified atom stereocenters. The molecule has 0 saturated heterocycles. The molecule has 0 aromatic carbocycles. The highest BCUT2D eigenvalue weighted by molar-refractivity contribution is 6.87. The number of halogens is 2. The van der Waals surface area contributed by atoms with Gasteiger partial charge in [0.25, 0.3) is 0 Å². The topological polar surface area (TPSA) is 0 Å². The largest absolute Gasteiger partial charge is 0.122 e. The third-order valence-corrected chi connectivity index (χ3v) is 9.65. The first-order valence-electron chi connectivity index (χ1n) is 5.02. The first kappa shape index (κ1) is 13.5. The van der Waals surface area contributed by atoms with Crippen molar-refractivity contribution in [3.63, 3.8) is 0 Å². The fraction of sp³-hybridized carbons (Fsp3) is 0.800. The summed E-state index contributed by atoms with van der Waals surface area (Å²) in [7, 11) is -1.22. The number of hydrogen-bond donors (Lipinski definition) is 0. The average molecular weight is 239 g/mol. The Morgan fingerprint density at radius 1 is 1.08 bits per heavy atom. The predicted octanol–water partition coefficient (Wildman–Crippen LogP) is 4.44. The first-order valence-corrected chi connectivity index (χ1v) is 8.71. The van der Waals surface area contributed by atoms with E-state index in [1.54, 1.807) is 0 Å². The van der Waals surface area contributed by atoms with Crippen LogP contribution in [0.1, 0.15) is 20.8 Å². The number of allylic oxidation sites excluding steroid dienone is 2. The smallest absolute Gasteiger partial charge is 0.0819 e. The van der Waals surface area contributed by atoms with Crippen LogP contribution in [-0.2, 0) is 0 Å². The third-order valence-electron chi connectivity index (χ3n) is 3.18. The summed E-state index contributed by atoms with van der Waals surface area (Å²) in [5, 5.41) is 1.46. The van der Waals surface area contributed by atoms with Gasteiger partial charge in [-0.1, -0.05) is 50.2 Å². The molecule has 13 heavy (non-hydrogen) atoms. The fourth-order valence-electron chi connectivity index (χ4n) is 1.94. The van der Waals surface area contributed by atoms with E-state index < -0.39 is 8.07 Å². The van der Waals surface area contributed by atoms with Crippen LogP contribution in [0.25, 0.3) is 0 Å². The van der Waals surface area contributed by atoms with Crippen molar-refractivity contribution in [2.75, 3.05) is 11.8 Å². The standard InChI is InChI=1S/C10H20Cl2Si/c1-4-13(5-2,6-3)10(9-12)7-8-11/h7H,4-6,8-9H2,1-3H3/b10-7+. The van der Waals surface area contributed by atoms with Crippen LogP contribution in [-0.4, -0.2) is 19.8 Å². The number of hydrogen-bond acceptors (Lipinski definition) is 0. The van der Waals surface area contributed by atoms with Crippen molar-refractivity contribution >= 4 is 31.3 Å². The van der Waals surface area contributed by atoms with Crippen LogP contribution in [0.5, 0.6) is 0 Å². The van der Waals surface area contributed by atoms with Crippen molar-refractivity contribution in [1.29, 1.82) is 0 Å². The van der Waals surface area contributed by atoms with Crippen LogP contribution in [0.4, 0.5) is 0 Å². The molecular weight excluding hydrogens is 219 g/mol. The maximum absolute atomic E-state index is 5.97. The van der Waals surface area contributed by atoms with Gasteiger partial charge in [0.1, 0.15) is 0 Å². The van der Waals surface area contributed by atoms with Crippen molar-refractivity contribution in [2.24, 2.45) is 0 Å². The minimum Gasteiger partial charge on any atom is -0.122 e. The molecule has 0 nitrogen and oxygen atoms in total. The molecule has 0 N–H and O–H groups in total. The summed E-state index contributed by atoms with van der Waals surface area (Å²) >= 11 is 11.7. The van der Waals surface area contributed by atoms with Crippen LogP contribution >= 0.6 is 23.2 Å². The van der Waals surface area contributed by atoms with E-state index >= 15 is 0 Å². The molecule has 0 radical (unpaired) electrons. The second-order valence-electron chi connectivity index (χ2n) is 3.36. The quantitative estimate of drug-likeness (QED) is 0.475. The molecule has 0 aromatic rings. The van der Waals surface area contributed by atoms with Crippen molar-refractivity contribution in [3.05, 3.63) is 11.3 Å². The second kappa shape index (κ2) is 6.91. The van der Waals surface area contributed by atoms with Crippen LogP contribution in [0.15, 0.2) is 11.3 Å². The Bertz CT molecular complexity index is 154. The van der Waals surface area contributed by atoms with Gasteiger partial charge in [-0.3, -0.25) is 0 Å². The zero-order chi connectivity index (χ0) is 10.3. The molecule has 0 heterocycles. The normalized spacial score (nSPS) is 13.5. The monoisotopic (exact) mass is 238 g/mol. The molecule has 3 heteroatoms. The average Bonchev–Trinajstić information content (AvgIpc) is 2.19. The van der Waals surface area contributed by atoms with Gasteiger partial charge in [0.2, 0.25) is 0 Å². The minimum absolute atomic E-state index is 0.608. The van der Waals surface area contributed by atoms with Crippen molar-refractivity contribution < 1.29 is 0 Å². The summed E-state index contributed by atoms with van der Waals surface area (Å²) in [6.45, 7) is 6.86. The third kappa shape index (κ3) is 3.30. The van der Waals surface area contributed by atoms with Gasteiger partial charge in [0.05, 0.1) is 8.07 Å². The molecule has 0 aliphatic carbocycles. The van der Waals surface area contributed by atoms with Crippen molar-refractivity contribution in [2.45, 2.75) is 38.9 Å². The Morgan fingerprint density at radius 2 is 1.54 bits per heavy atom. The maximum atomic E-state index is 5.97. The molecule has 78 valence electrons. The molecular formula is C10H20Cl2Si. The summed E-state index contributed by atoms with van der Waals surface area (Å²) < 4.78 is 0. The SMILES string of the molecule is CC[Si](CC)(CC)/C(=C/CCl)CCl. The van der Waals surface area contributed by atoms with Crippen molar-refractivity contribution in [3.8, 4) is 0 Å². The zero-order valence-electron chi connectivity index (χ0n) is 8.87. The van der Waals surface area contributed by atoms with Crippen LogP contribution in [0.2, 0.25) is 18.1 Å². The van der Waals surface area contributed by atoms with Crippen molar-refractivity contribution in [1.82, 2.24) is 0 Å². The van der Waals surface area contributed by atoms with E-state index in [1.165, 1.54) is 23.3 Å². The molecule has 0 bridgehead atoms. The first-order chi connectivity index (χ1) is 6.20. The number of rotatable bonds is 6. The van der Waals surface area contributed by atoms with Crippen LogP contribution in [0.3, 0.4) is 0 Å². The lowest BCUT2D eigenvalue weighted by molar-refractivity contribution is 1.16. The Kier molecular flexibility index (Phi) is 7.20. The molecule has 0 rings (SSSR count). The van der Waals surface area contributed by atoms with Crippen LogP contribution < -0.4 is 0 Å². The Labute approximate surface area is 93.3 Å². The van der Waals surface area contributed by atoms with Gasteiger partial charge in [0, 0.05) is 11.8 Å². The summed E-state index contributed by atoms with van der Waals surface area (Å²) in [6.07, 6.45) is 2.14. The van der Waals surface area contributed by atoms with Gasteiger partial charge in [-0.05, 0) is 0 Å². The predicted molar refractivity (Wildman–Crippen MR) is 66.7 cm³/mol. The number of alkyl halides is 2. The highest BCUT2D eigenvalue weighted by Crippen LogP contribution is 2.29. The summed E-state index contributed by atoms with van der Waals surface area (Å²) in [4.78, 5) is 0. The summed E-state index contributed by atoms with van der Waals surface area (Å²) in [5.74, 6) is 1.28. The van der Waals surface area contributed by atoms with E-state index in [-0.39, 0.29) is 0 Å². The highest BCUT2D eigenvalue weighted by atomic mass is 35.5. The summed E-state index contributed by atoms with van der Waals surface area (Å²) in [6, 6.07) is 3.86. The lowest BCUT2D eigenvalue weighted by Gasteiger charge is -2.30. The minimum atomic E-state index is -1.22. The van der Waals surface area contributed by atoms with Crippen LogP contribution in [0, 0.1) is 0 Å². The van der Waals surface area contributed by atoms with E-state index in [0.717, 1.165) is 0 Å². The Hall–Kier alpha value is 0.537. The van der Waals surface area contributed by atoms with Gasteiger partial charge in [-0.2, -0.15) is 0 Å². The second-order valence-corrected chi connectivity index (χ2v) is 9.26. The lowest BCUT2D eigenvalue weighted by Crippen LogP contribution is -2.35. The zero-order valence-corrected chi connectivity index (χ0v) is 11.4. The molecule has 0 saturated carbocycles. The van der Waals surface area contributed by atoms with Gasteiger partial charge < -0.3 is 0 Å². The van der Waals surface area contributed by atoms with E-state index in [4.69, 9.17) is 23.2 Å². The molecule has 0 amide bonds. The molecule has 0 fully saturated rings. The molecule has 0 spiro atoms. The van der Waals surface area contributed by atoms with E-state index in [0.29, 0.717) is 11.8 Å². The molecule has 0 aliphatic rings. The lowest BCUT2D eigenvalue weighted by atomic mass is 10.6. The summed E-state index contributed by atoms with van der Waals surface area (Å²) in [5.41, 5.74) is 0. The fourth-order valence-corrected chi connectivity index (χ4v) is 6.89. The highest BCUT2D eigenvalue weighted by Gasteiger charge is 2.30. The molecule has 0 atom stereocenters. The van der Waals surface area contributed by atoms with E-state index in [2.05, 4.69) is 26.8 Å². The van der Waals surface area contributed by atoms with Gasteiger partial charge in [0.15, 0.2) is 0 Å². The van der Waals surface area contributed by atoms with Gasteiger partial charge >= 0.3 is 0 Å². The Morgan fingerprint density at radius 3 is 1.77 bits per heavy atom. The maximum Gasteiger partial charge on any atom is 0.0819 e.